The third-order valence-corrected chi connectivity index (χ3v) is 2.21. The number of nitro groups is 1. The van der Waals surface area contributed by atoms with Crippen LogP contribution in [0.15, 0.2) is 30.5 Å². The summed E-state index contributed by atoms with van der Waals surface area (Å²) in [6.45, 7) is 1.94. The molecule has 0 aliphatic rings. The molecule has 19 heavy (non-hydrogen) atoms. The second-order valence-electron chi connectivity index (χ2n) is 3.55. The van der Waals surface area contributed by atoms with Crippen molar-refractivity contribution in [2.45, 2.75) is 13.3 Å². The summed E-state index contributed by atoms with van der Waals surface area (Å²) in [7, 11) is 1.37. The van der Waals surface area contributed by atoms with Gasteiger partial charge < -0.3 is 15.4 Å². The first kappa shape index (κ1) is 14.5. The zero-order chi connectivity index (χ0) is 14.3. The lowest BCUT2D eigenvalue weighted by atomic mass is 10.2. The molecule has 0 spiro atoms. The third-order valence-electron chi connectivity index (χ3n) is 2.21. The number of urea groups is 1. The van der Waals surface area contributed by atoms with Gasteiger partial charge in [0.2, 0.25) is 0 Å². The van der Waals surface area contributed by atoms with Crippen molar-refractivity contribution in [3.05, 3.63) is 40.6 Å². The Hall–Kier alpha value is -2.57. The van der Waals surface area contributed by atoms with Gasteiger partial charge >= 0.3 is 6.03 Å². The molecule has 0 bridgehead atoms. The summed E-state index contributed by atoms with van der Waals surface area (Å²) in [5.74, 6) is 0.226. The number of ether oxygens (including phenoxy) is 1. The van der Waals surface area contributed by atoms with Crippen molar-refractivity contribution < 1.29 is 14.5 Å². The van der Waals surface area contributed by atoms with E-state index in [9.17, 15) is 14.9 Å². The molecular weight excluding hydrogens is 250 g/mol. The van der Waals surface area contributed by atoms with Crippen LogP contribution in [-0.2, 0) is 0 Å². The second-order valence-corrected chi connectivity index (χ2v) is 3.55. The first-order chi connectivity index (χ1) is 9.08. The van der Waals surface area contributed by atoms with Gasteiger partial charge in [-0.15, -0.1) is 0 Å². The van der Waals surface area contributed by atoms with E-state index >= 15 is 0 Å². The molecule has 2 amide bonds. The van der Waals surface area contributed by atoms with Gasteiger partial charge in [0.1, 0.15) is 5.75 Å². The first-order valence-corrected chi connectivity index (χ1v) is 5.63. The van der Waals surface area contributed by atoms with E-state index in [2.05, 4.69) is 10.6 Å². The Morgan fingerprint density at radius 1 is 1.53 bits per heavy atom. The Morgan fingerprint density at radius 3 is 2.84 bits per heavy atom. The zero-order valence-electron chi connectivity index (χ0n) is 10.7. The van der Waals surface area contributed by atoms with Gasteiger partial charge in [-0.3, -0.25) is 10.1 Å². The average Bonchev–Trinajstić information content (AvgIpc) is 2.39. The Balaban J connectivity index is 2.80. The topological polar surface area (TPSA) is 93.5 Å². The van der Waals surface area contributed by atoms with Crippen molar-refractivity contribution >= 4 is 17.4 Å². The van der Waals surface area contributed by atoms with E-state index in [1.165, 1.54) is 31.5 Å². The molecule has 0 saturated carbocycles. The molecule has 0 fully saturated rings. The lowest BCUT2D eigenvalue weighted by Gasteiger charge is -2.09. The molecule has 7 nitrogen and oxygen atoms in total. The van der Waals surface area contributed by atoms with Gasteiger partial charge in [-0.1, -0.05) is 13.0 Å². The Morgan fingerprint density at radius 2 is 2.26 bits per heavy atom. The van der Waals surface area contributed by atoms with Crippen molar-refractivity contribution in [2.75, 3.05) is 12.4 Å². The summed E-state index contributed by atoms with van der Waals surface area (Å²) < 4.78 is 5.00. The van der Waals surface area contributed by atoms with E-state index in [4.69, 9.17) is 4.74 Å². The van der Waals surface area contributed by atoms with Crippen LogP contribution in [0.3, 0.4) is 0 Å². The fourth-order valence-corrected chi connectivity index (χ4v) is 1.31. The standard InChI is InChI=1S/C12H15N3O4/c1-3-4-7-13-12(16)14-10-6-5-9(15(17)18)8-11(10)19-2/h4-8H,3H2,1-2H3,(H2,13,14,16)/b7-4+. The lowest BCUT2D eigenvalue weighted by Crippen LogP contribution is -2.24. The third kappa shape index (κ3) is 4.30. The number of nitrogens with one attached hydrogen (secondary N) is 2. The van der Waals surface area contributed by atoms with E-state index in [-0.39, 0.29) is 11.4 Å². The van der Waals surface area contributed by atoms with Crippen molar-refractivity contribution in [3.63, 3.8) is 0 Å². The Labute approximate surface area is 110 Å². The number of benzene rings is 1. The molecule has 0 unspecified atom stereocenters. The van der Waals surface area contributed by atoms with Gasteiger partial charge in [0.25, 0.3) is 5.69 Å². The minimum Gasteiger partial charge on any atom is -0.494 e. The van der Waals surface area contributed by atoms with Crippen LogP contribution in [0.25, 0.3) is 0 Å². The smallest absolute Gasteiger partial charge is 0.323 e. The highest BCUT2D eigenvalue weighted by Gasteiger charge is 2.12. The van der Waals surface area contributed by atoms with E-state index in [1.54, 1.807) is 6.08 Å². The summed E-state index contributed by atoms with van der Waals surface area (Å²) >= 11 is 0. The highest BCUT2D eigenvalue weighted by Crippen LogP contribution is 2.28. The molecule has 0 radical (unpaired) electrons. The van der Waals surface area contributed by atoms with Gasteiger partial charge in [0.15, 0.2) is 0 Å². The predicted molar refractivity (Wildman–Crippen MR) is 71.2 cm³/mol. The van der Waals surface area contributed by atoms with Crippen LogP contribution in [0.2, 0.25) is 0 Å². The molecule has 0 aromatic heterocycles. The maximum atomic E-state index is 11.5. The molecule has 0 atom stereocenters. The summed E-state index contributed by atoms with van der Waals surface area (Å²) in [4.78, 5) is 21.6. The minimum atomic E-state index is -0.531. The van der Waals surface area contributed by atoms with Crippen LogP contribution in [0, 0.1) is 10.1 Å². The minimum absolute atomic E-state index is 0.103. The summed E-state index contributed by atoms with van der Waals surface area (Å²) in [5.41, 5.74) is 0.254. The number of carbonyl (C=O) groups excluding carboxylic acids is 1. The number of nitrogens with zero attached hydrogens (tertiary/aromatic N) is 1. The average molecular weight is 265 g/mol. The fraction of sp³-hybridized carbons (Fsp3) is 0.250. The SMILES string of the molecule is CC/C=C/NC(=O)Nc1ccc([N+](=O)[O-])cc1OC. The quantitative estimate of drug-likeness (QED) is 0.632. The molecule has 1 rings (SSSR count). The molecule has 0 heterocycles. The number of hydrogen-bond donors (Lipinski definition) is 2. The number of anilines is 1. The maximum Gasteiger partial charge on any atom is 0.323 e. The molecular formula is C12H15N3O4. The number of allylic oxidation sites excluding steroid dienone is 1. The van der Waals surface area contributed by atoms with Crippen molar-refractivity contribution in [2.24, 2.45) is 0 Å². The largest absolute Gasteiger partial charge is 0.494 e. The molecule has 7 heteroatoms. The van der Waals surface area contributed by atoms with Gasteiger partial charge in [-0.05, 0) is 12.5 Å². The summed E-state index contributed by atoms with van der Waals surface area (Å²) in [6, 6.07) is 3.51. The summed E-state index contributed by atoms with van der Waals surface area (Å²) in [6.07, 6.45) is 4.11. The van der Waals surface area contributed by atoms with Gasteiger partial charge in [0, 0.05) is 12.3 Å². The second kappa shape index (κ2) is 7.00. The molecule has 1 aromatic rings. The number of methoxy groups -OCH3 is 1. The van der Waals surface area contributed by atoms with Crippen molar-refractivity contribution in [1.82, 2.24) is 5.32 Å². The van der Waals surface area contributed by atoms with E-state index < -0.39 is 11.0 Å². The number of rotatable bonds is 5. The van der Waals surface area contributed by atoms with Gasteiger partial charge in [0.05, 0.1) is 23.8 Å². The highest BCUT2D eigenvalue weighted by molar-refractivity contribution is 5.91. The molecule has 102 valence electrons. The van der Waals surface area contributed by atoms with Crippen LogP contribution < -0.4 is 15.4 Å². The van der Waals surface area contributed by atoms with Crippen LogP contribution in [0.5, 0.6) is 5.75 Å². The van der Waals surface area contributed by atoms with E-state index in [0.717, 1.165) is 6.42 Å². The van der Waals surface area contributed by atoms with Gasteiger partial charge in [-0.2, -0.15) is 0 Å². The Kier molecular flexibility index (Phi) is 5.34. The van der Waals surface area contributed by atoms with Crippen molar-refractivity contribution in [3.8, 4) is 5.75 Å². The first-order valence-electron chi connectivity index (χ1n) is 5.63. The Bertz CT molecular complexity index is 500. The van der Waals surface area contributed by atoms with Crippen LogP contribution in [0.4, 0.5) is 16.2 Å². The maximum absolute atomic E-state index is 11.5. The number of nitro benzene ring substituents is 1. The fourth-order valence-electron chi connectivity index (χ4n) is 1.31. The van der Waals surface area contributed by atoms with Crippen molar-refractivity contribution in [1.29, 1.82) is 0 Å². The van der Waals surface area contributed by atoms with Crippen LogP contribution in [0.1, 0.15) is 13.3 Å². The van der Waals surface area contributed by atoms with Crippen LogP contribution >= 0.6 is 0 Å². The molecule has 2 N–H and O–H groups in total. The number of hydrogen-bond acceptors (Lipinski definition) is 4. The molecule has 0 aliphatic heterocycles. The van der Waals surface area contributed by atoms with E-state index in [0.29, 0.717) is 5.69 Å². The molecule has 1 aromatic carbocycles. The number of non-ortho nitro benzene ring substituents is 1. The van der Waals surface area contributed by atoms with E-state index in [1.807, 2.05) is 6.92 Å². The molecule has 0 aliphatic carbocycles. The van der Waals surface area contributed by atoms with Gasteiger partial charge in [-0.25, -0.2) is 4.79 Å². The highest BCUT2D eigenvalue weighted by atomic mass is 16.6. The predicted octanol–water partition coefficient (Wildman–Crippen LogP) is 2.65. The zero-order valence-corrected chi connectivity index (χ0v) is 10.7. The lowest BCUT2D eigenvalue weighted by molar-refractivity contribution is -0.384. The molecule has 0 saturated heterocycles. The summed E-state index contributed by atoms with van der Waals surface area (Å²) in [5, 5.41) is 15.7. The monoisotopic (exact) mass is 265 g/mol. The number of amides is 2. The normalized spacial score (nSPS) is 10.2. The van der Waals surface area contributed by atoms with Crippen LogP contribution in [-0.4, -0.2) is 18.1 Å². The number of carbonyl (C=O) groups is 1.